The number of halogens is 1. The van der Waals surface area contributed by atoms with Gasteiger partial charge >= 0.3 is 0 Å². The lowest BCUT2D eigenvalue weighted by atomic mass is 10.2. The van der Waals surface area contributed by atoms with E-state index in [1.165, 1.54) is 13.1 Å². The molecule has 0 aliphatic heterocycles. The molecule has 0 unspecified atom stereocenters. The molecule has 1 amide bonds. The van der Waals surface area contributed by atoms with Crippen molar-refractivity contribution >= 4 is 33.6 Å². The van der Waals surface area contributed by atoms with Crippen LogP contribution >= 0.6 is 11.6 Å². The van der Waals surface area contributed by atoms with Crippen molar-refractivity contribution in [2.24, 2.45) is 0 Å². The highest BCUT2D eigenvalue weighted by Gasteiger charge is 2.20. The van der Waals surface area contributed by atoms with Gasteiger partial charge in [0.25, 0.3) is 0 Å². The molecule has 0 N–H and O–H groups in total. The second-order valence-corrected chi connectivity index (χ2v) is 7.08. The average molecular weight is 345 g/mol. The molecule has 0 aliphatic rings. The van der Waals surface area contributed by atoms with Gasteiger partial charge in [0.1, 0.15) is 0 Å². The topological polar surface area (TPSA) is 57.7 Å². The van der Waals surface area contributed by atoms with E-state index in [-0.39, 0.29) is 12.5 Å². The van der Waals surface area contributed by atoms with E-state index in [4.69, 9.17) is 11.6 Å². The number of carbonyl (C=O) groups excluding carboxylic acids is 1. The summed E-state index contributed by atoms with van der Waals surface area (Å²) < 4.78 is 25.3. The molecule has 0 heterocycles. The van der Waals surface area contributed by atoms with E-state index in [0.717, 1.165) is 15.3 Å². The fourth-order valence-electron chi connectivity index (χ4n) is 1.80. The Labute approximate surface area is 137 Å². The smallest absolute Gasteiger partial charge is 0.237 e. The van der Waals surface area contributed by atoms with Crippen LogP contribution in [0.3, 0.4) is 0 Å². The van der Waals surface area contributed by atoms with Crippen molar-refractivity contribution in [3.05, 3.63) is 40.3 Å². The van der Waals surface area contributed by atoms with Crippen molar-refractivity contribution in [2.45, 2.75) is 13.8 Å². The number of carbonyl (C=O) groups is 1. The zero-order valence-corrected chi connectivity index (χ0v) is 14.6. The van der Waals surface area contributed by atoms with Crippen LogP contribution < -0.4 is 0 Å². The summed E-state index contributed by atoms with van der Waals surface area (Å²) in [5, 5.41) is 1.67. The summed E-state index contributed by atoms with van der Waals surface area (Å²) >= 11 is 5.77. The molecule has 0 aromatic heterocycles. The molecule has 0 fully saturated rings. The third-order valence-electron chi connectivity index (χ3n) is 3.21. The number of hydrogen-bond donors (Lipinski definition) is 0. The number of benzene rings is 1. The molecule has 1 rings (SSSR count). The van der Waals surface area contributed by atoms with E-state index in [1.54, 1.807) is 29.2 Å². The summed E-state index contributed by atoms with van der Waals surface area (Å²) in [7, 11) is -2.25. The van der Waals surface area contributed by atoms with Crippen LogP contribution in [0.4, 0.5) is 0 Å². The van der Waals surface area contributed by atoms with Gasteiger partial charge in [-0.1, -0.05) is 23.7 Å². The molecule has 7 heteroatoms. The summed E-state index contributed by atoms with van der Waals surface area (Å²) in [6.07, 6.45) is 1.48. The van der Waals surface area contributed by atoms with Crippen LogP contribution in [0, 0.1) is 0 Å². The lowest BCUT2D eigenvalue weighted by Gasteiger charge is -2.22. The van der Waals surface area contributed by atoms with Crippen molar-refractivity contribution < 1.29 is 13.2 Å². The summed E-state index contributed by atoms with van der Waals surface area (Å²) in [5.41, 5.74) is 0.719. The first kappa shape index (κ1) is 18.7. The Morgan fingerprint density at radius 3 is 2.23 bits per heavy atom. The van der Waals surface area contributed by atoms with Crippen LogP contribution in [0.25, 0.3) is 6.08 Å². The Hall–Kier alpha value is -1.37. The molecule has 0 bridgehead atoms. The molecule has 5 nitrogen and oxygen atoms in total. The minimum absolute atomic E-state index is 0.172. The van der Waals surface area contributed by atoms with E-state index in [1.807, 2.05) is 13.8 Å². The maximum absolute atomic E-state index is 12.1. The standard InChI is InChI=1S/C15H21ClN2O3S/c1-4-18(5-2)15(19)12-17(3)22(20,21)11-10-13-6-8-14(16)9-7-13/h6-11H,4-5,12H2,1-3H3. The molecule has 0 saturated carbocycles. The third-order valence-corrected chi connectivity index (χ3v) is 4.94. The van der Waals surface area contributed by atoms with Gasteiger partial charge in [-0.05, 0) is 37.6 Å². The number of nitrogens with zero attached hydrogens (tertiary/aromatic N) is 2. The highest BCUT2D eigenvalue weighted by molar-refractivity contribution is 7.92. The molecule has 0 radical (unpaired) electrons. The Bertz CT molecular complexity index is 623. The van der Waals surface area contributed by atoms with E-state index < -0.39 is 10.0 Å². The van der Waals surface area contributed by atoms with Gasteiger partial charge in [0.05, 0.1) is 6.54 Å². The largest absolute Gasteiger partial charge is 0.342 e. The van der Waals surface area contributed by atoms with Crippen LogP contribution in [0.1, 0.15) is 19.4 Å². The summed E-state index contributed by atoms with van der Waals surface area (Å²) in [4.78, 5) is 13.5. The normalized spacial score (nSPS) is 12.0. The first-order valence-electron chi connectivity index (χ1n) is 6.98. The maximum Gasteiger partial charge on any atom is 0.237 e. The number of hydrogen-bond acceptors (Lipinski definition) is 3. The molecule has 0 spiro atoms. The monoisotopic (exact) mass is 344 g/mol. The van der Waals surface area contributed by atoms with E-state index in [9.17, 15) is 13.2 Å². The van der Waals surface area contributed by atoms with E-state index in [2.05, 4.69) is 0 Å². The van der Waals surface area contributed by atoms with Gasteiger partial charge in [0, 0.05) is 30.6 Å². The molecule has 0 saturated heterocycles. The SMILES string of the molecule is CCN(CC)C(=O)CN(C)S(=O)(=O)C=Cc1ccc(Cl)cc1. The van der Waals surface area contributed by atoms with Crippen LogP contribution in [-0.2, 0) is 14.8 Å². The average Bonchev–Trinajstić information content (AvgIpc) is 2.48. The molecule has 0 aliphatic carbocycles. The minimum Gasteiger partial charge on any atom is -0.342 e. The fraction of sp³-hybridized carbons (Fsp3) is 0.400. The first-order chi connectivity index (χ1) is 10.3. The lowest BCUT2D eigenvalue weighted by molar-refractivity contribution is -0.130. The Kier molecular flexibility index (Phi) is 7.06. The van der Waals surface area contributed by atoms with Crippen molar-refractivity contribution in [2.75, 3.05) is 26.7 Å². The van der Waals surface area contributed by atoms with Gasteiger partial charge in [0.15, 0.2) is 0 Å². The molecular formula is C15H21ClN2O3S. The Morgan fingerprint density at radius 1 is 1.18 bits per heavy atom. The number of rotatable bonds is 7. The van der Waals surface area contributed by atoms with Gasteiger partial charge in [-0.2, -0.15) is 4.31 Å². The Morgan fingerprint density at radius 2 is 1.73 bits per heavy atom. The quantitative estimate of drug-likeness (QED) is 0.763. The van der Waals surface area contributed by atoms with Crippen LogP contribution in [0.5, 0.6) is 0 Å². The van der Waals surface area contributed by atoms with Gasteiger partial charge in [-0.15, -0.1) is 0 Å². The minimum atomic E-state index is -3.64. The van der Waals surface area contributed by atoms with E-state index in [0.29, 0.717) is 18.1 Å². The maximum atomic E-state index is 12.1. The second-order valence-electron chi connectivity index (χ2n) is 4.72. The molecule has 22 heavy (non-hydrogen) atoms. The predicted octanol–water partition coefficient (Wildman–Crippen LogP) is 2.44. The van der Waals surface area contributed by atoms with Crippen molar-refractivity contribution in [3.63, 3.8) is 0 Å². The molecule has 1 aromatic carbocycles. The van der Waals surface area contributed by atoms with Gasteiger partial charge in [-0.3, -0.25) is 4.79 Å². The molecule has 0 atom stereocenters. The number of sulfonamides is 1. The Balaban J connectivity index is 2.76. The lowest BCUT2D eigenvalue weighted by Crippen LogP contribution is -2.40. The van der Waals surface area contributed by atoms with Crippen molar-refractivity contribution in [1.29, 1.82) is 0 Å². The van der Waals surface area contributed by atoms with Crippen LogP contribution in [-0.4, -0.2) is 50.2 Å². The first-order valence-corrected chi connectivity index (χ1v) is 8.86. The number of amides is 1. The summed E-state index contributed by atoms with van der Waals surface area (Å²) in [6, 6.07) is 6.80. The third kappa shape index (κ3) is 5.44. The highest BCUT2D eigenvalue weighted by atomic mass is 35.5. The van der Waals surface area contributed by atoms with Gasteiger partial charge in [-0.25, -0.2) is 8.42 Å². The zero-order valence-electron chi connectivity index (χ0n) is 13.0. The fourth-order valence-corrected chi connectivity index (χ4v) is 2.75. The van der Waals surface area contributed by atoms with Crippen LogP contribution in [0.15, 0.2) is 29.7 Å². The molecular weight excluding hydrogens is 324 g/mol. The van der Waals surface area contributed by atoms with Gasteiger partial charge < -0.3 is 4.90 Å². The highest BCUT2D eigenvalue weighted by Crippen LogP contribution is 2.12. The predicted molar refractivity (Wildman–Crippen MR) is 90.0 cm³/mol. The number of likely N-dealkylation sites (N-methyl/N-ethyl adjacent to an activating group) is 2. The molecule has 122 valence electrons. The zero-order chi connectivity index (χ0) is 16.8. The summed E-state index contributed by atoms with van der Waals surface area (Å²) in [5.74, 6) is -0.212. The second kappa shape index (κ2) is 8.31. The van der Waals surface area contributed by atoms with Crippen LogP contribution in [0.2, 0.25) is 5.02 Å². The molecule has 1 aromatic rings. The van der Waals surface area contributed by atoms with E-state index >= 15 is 0 Å². The van der Waals surface area contributed by atoms with Gasteiger partial charge in [0.2, 0.25) is 15.9 Å². The van der Waals surface area contributed by atoms with Crippen molar-refractivity contribution in [1.82, 2.24) is 9.21 Å². The van der Waals surface area contributed by atoms with Crippen molar-refractivity contribution in [3.8, 4) is 0 Å². The summed E-state index contributed by atoms with van der Waals surface area (Å²) in [6.45, 7) is 4.66.